The fourth-order valence-electron chi connectivity index (χ4n) is 3.44. The highest BCUT2D eigenvalue weighted by atomic mass is 16.5. The number of nitrogens with zero attached hydrogens (tertiary/aromatic N) is 3. The molecule has 0 saturated carbocycles. The Morgan fingerprint density at radius 1 is 0.971 bits per heavy atom. The highest BCUT2D eigenvalue weighted by Crippen LogP contribution is 2.25. The lowest BCUT2D eigenvalue weighted by Gasteiger charge is -2.09. The molecule has 0 spiro atoms. The third kappa shape index (κ3) is 5.61. The minimum atomic E-state index is -0.0911. The van der Waals surface area contributed by atoms with Gasteiger partial charge in [-0.15, -0.1) is 5.10 Å². The quantitative estimate of drug-likeness (QED) is 0.393. The van der Waals surface area contributed by atoms with Gasteiger partial charge < -0.3 is 14.8 Å². The van der Waals surface area contributed by atoms with Crippen molar-refractivity contribution in [3.63, 3.8) is 0 Å². The van der Waals surface area contributed by atoms with Crippen molar-refractivity contribution >= 4 is 11.6 Å². The molecule has 1 N–H and O–H groups in total. The molecule has 1 aromatic heterocycles. The summed E-state index contributed by atoms with van der Waals surface area (Å²) in [5, 5.41) is 7.51. The van der Waals surface area contributed by atoms with Gasteiger partial charge >= 0.3 is 6.01 Å². The van der Waals surface area contributed by atoms with Gasteiger partial charge in [0.15, 0.2) is 5.82 Å². The number of rotatable bonds is 8. The lowest BCUT2D eigenvalue weighted by Crippen LogP contribution is -2.14. The Kier molecular flexibility index (Phi) is 6.92. The number of aryl methyl sites for hydroxylation is 1. The van der Waals surface area contributed by atoms with Gasteiger partial charge in [0.05, 0.1) is 25.3 Å². The molecule has 0 radical (unpaired) electrons. The molecule has 3 aromatic carbocycles. The average Bonchev–Trinajstić information content (AvgIpc) is 3.23. The van der Waals surface area contributed by atoms with E-state index in [1.807, 2.05) is 93.6 Å². The van der Waals surface area contributed by atoms with Crippen LogP contribution in [0.15, 0.2) is 72.8 Å². The molecule has 0 aliphatic rings. The van der Waals surface area contributed by atoms with Gasteiger partial charge in [-0.05, 0) is 62.7 Å². The lowest BCUT2D eigenvalue weighted by atomic mass is 10.1. The van der Waals surface area contributed by atoms with Gasteiger partial charge in [0, 0.05) is 11.3 Å². The lowest BCUT2D eigenvalue weighted by molar-refractivity contribution is -0.115. The van der Waals surface area contributed by atoms with Crippen molar-refractivity contribution in [1.29, 1.82) is 0 Å². The number of hydrogen-bond acceptors (Lipinski definition) is 5. The number of anilines is 1. The number of ether oxygens (including phenoxy) is 2. The Labute approximate surface area is 199 Å². The SMILES string of the molecule is COc1ccc(CC(=O)Nc2ccc(-n3nc(OC(C)C)nc3-c3ccc(C)cc3)cc2)cc1. The van der Waals surface area contributed by atoms with Gasteiger partial charge in [0.2, 0.25) is 5.91 Å². The Bertz CT molecular complexity index is 1240. The van der Waals surface area contributed by atoms with Crippen molar-refractivity contribution in [1.82, 2.24) is 14.8 Å². The van der Waals surface area contributed by atoms with Crippen LogP contribution in [-0.2, 0) is 11.2 Å². The summed E-state index contributed by atoms with van der Waals surface area (Å²) >= 11 is 0. The predicted molar refractivity (Wildman–Crippen MR) is 133 cm³/mol. The maximum atomic E-state index is 12.5. The molecule has 174 valence electrons. The van der Waals surface area contributed by atoms with E-state index < -0.39 is 0 Å². The zero-order chi connectivity index (χ0) is 24.1. The van der Waals surface area contributed by atoms with Gasteiger partial charge in [-0.1, -0.05) is 42.0 Å². The maximum absolute atomic E-state index is 12.5. The van der Waals surface area contributed by atoms with Crippen LogP contribution in [0.2, 0.25) is 0 Å². The van der Waals surface area contributed by atoms with Gasteiger partial charge in [0.1, 0.15) is 5.75 Å². The molecule has 0 saturated heterocycles. The number of benzene rings is 3. The fourth-order valence-corrected chi connectivity index (χ4v) is 3.44. The van der Waals surface area contributed by atoms with Crippen LogP contribution in [0.4, 0.5) is 5.69 Å². The molecule has 4 aromatic rings. The van der Waals surface area contributed by atoms with Crippen LogP contribution in [0.25, 0.3) is 17.1 Å². The molecule has 7 nitrogen and oxygen atoms in total. The van der Waals surface area contributed by atoms with Crippen LogP contribution in [0, 0.1) is 6.92 Å². The highest BCUT2D eigenvalue weighted by Gasteiger charge is 2.16. The van der Waals surface area contributed by atoms with Crippen LogP contribution in [-0.4, -0.2) is 33.9 Å². The number of aromatic nitrogens is 3. The molecule has 34 heavy (non-hydrogen) atoms. The summed E-state index contributed by atoms with van der Waals surface area (Å²) in [5.74, 6) is 1.36. The zero-order valence-corrected chi connectivity index (χ0v) is 19.8. The molecule has 7 heteroatoms. The second-order valence-electron chi connectivity index (χ2n) is 8.28. The minimum absolute atomic E-state index is 0.0370. The van der Waals surface area contributed by atoms with Crippen molar-refractivity contribution < 1.29 is 14.3 Å². The first kappa shape index (κ1) is 23.0. The fraction of sp³-hybridized carbons (Fsp3) is 0.222. The summed E-state index contributed by atoms with van der Waals surface area (Å²) in [6, 6.07) is 23.4. The van der Waals surface area contributed by atoms with Crippen LogP contribution >= 0.6 is 0 Å². The van der Waals surface area contributed by atoms with Crippen LogP contribution < -0.4 is 14.8 Å². The zero-order valence-electron chi connectivity index (χ0n) is 19.8. The topological polar surface area (TPSA) is 78.3 Å². The third-order valence-corrected chi connectivity index (χ3v) is 5.16. The van der Waals surface area contributed by atoms with Gasteiger partial charge in [-0.3, -0.25) is 4.79 Å². The second kappa shape index (κ2) is 10.2. The summed E-state index contributed by atoms with van der Waals surface area (Å²) in [6.45, 7) is 5.93. The van der Waals surface area contributed by atoms with Crippen molar-refractivity contribution in [2.24, 2.45) is 0 Å². The summed E-state index contributed by atoms with van der Waals surface area (Å²) in [4.78, 5) is 17.1. The van der Waals surface area contributed by atoms with Crippen LogP contribution in [0.3, 0.4) is 0 Å². The second-order valence-corrected chi connectivity index (χ2v) is 8.28. The predicted octanol–water partition coefficient (Wildman–Crippen LogP) is 5.22. The van der Waals surface area contributed by atoms with E-state index in [1.54, 1.807) is 11.8 Å². The van der Waals surface area contributed by atoms with Crippen molar-refractivity contribution in [2.45, 2.75) is 33.3 Å². The van der Waals surface area contributed by atoms with E-state index in [4.69, 9.17) is 9.47 Å². The third-order valence-electron chi connectivity index (χ3n) is 5.16. The monoisotopic (exact) mass is 456 g/mol. The van der Waals surface area contributed by atoms with E-state index in [-0.39, 0.29) is 18.4 Å². The largest absolute Gasteiger partial charge is 0.497 e. The molecule has 0 aliphatic heterocycles. The summed E-state index contributed by atoms with van der Waals surface area (Å²) < 4.78 is 12.7. The molecular weight excluding hydrogens is 428 g/mol. The number of methoxy groups -OCH3 is 1. The highest BCUT2D eigenvalue weighted by molar-refractivity contribution is 5.92. The Morgan fingerprint density at radius 2 is 1.65 bits per heavy atom. The van der Waals surface area contributed by atoms with Gasteiger partial charge in [-0.25, -0.2) is 4.68 Å². The molecule has 0 atom stereocenters. The first-order chi connectivity index (χ1) is 16.4. The van der Waals surface area contributed by atoms with Crippen molar-refractivity contribution in [3.05, 3.63) is 83.9 Å². The Balaban J connectivity index is 1.52. The van der Waals surface area contributed by atoms with E-state index in [9.17, 15) is 4.79 Å². The molecule has 0 fully saturated rings. The number of carbonyl (C=O) groups excluding carboxylic acids is 1. The number of carbonyl (C=O) groups is 1. The molecule has 0 unspecified atom stereocenters. The van der Waals surface area contributed by atoms with Crippen LogP contribution in [0.1, 0.15) is 25.0 Å². The summed E-state index contributed by atoms with van der Waals surface area (Å²) in [7, 11) is 1.62. The maximum Gasteiger partial charge on any atom is 0.336 e. The minimum Gasteiger partial charge on any atom is -0.497 e. The molecule has 4 rings (SSSR count). The molecule has 0 aliphatic carbocycles. The van der Waals surface area contributed by atoms with Crippen molar-refractivity contribution in [2.75, 3.05) is 12.4 Å². The van der Waals surface area contributed by atoms with Crippen molar-refractivity contribution in [3.8, 4) is 28.8 Å². The van der Waals surface area contributed by atoms with Gasteiger partial charge in [-0.2, -0.15) is 4.98 Å². The van der Waals surface area contributed by atoms with E-state index in [1.165, 1.54) is 5.56 Å². The number of amides is 1. The standard InChI is InChI=1S/C27H28N4O3/c1-18(2)34-27-29-26(21-9-5-19(3)6-10-21)31(30-27)23-13-11-22(12-14-23)28-25(32)17-20-7-15-24(33-4)16-8-20/h5-16,18H,17H2,1-4H3,(H,28,32). The smallest absolute Gasteiger partial charge is 0.336 e. The van der Waals surface area contributed by atoms with E-state index in [0.717, 1.165) is 22.6 Å². The van der Waals surface area contributed by atoms with Crippen LogP contribution in [0.5, 0.6) is 11.8 Å². The molecular formula is C27H28N4O3. The van der Waals surface area contributed by atoms with E-state index in [2.05, 4.69) is 15.4 Å². The molecule has 0 bridgehead atoms. The van der Waals surface area contributed by atoms with E-state index in [0.29, 0.717) is 17.5 Å². The average molecular weight is 457 g/mol. The van der Waals surface area contributed by atoms with E-state index >= 15 is 0 Å². The molecule has 1 amide bonds. The summed E-state index contributed by atoms with van der Waals surface area (Å²) in [6.07, 6.45) is 0.243. The Hall–Kier alpha value is -4.13. The molecule has 1 heterocycles. The first-order valence-electron chi connectivity index (χ1n) is 11.2. The Morgan fingerprint density at radius 3 is 2.26 bits per heavy atom. The number of hydrogen-bond donors (Lipinski definition) is 1. The number of nitrogens with one attached hydrogen (secondary N) is 1. The normalized spacial score (nSPS) is 10.9. The van der Waals surface area contributed by atoms with Gasteiger partial charge in [0.25, 0.3) is 0 Å². The first-order valence-corrected chi connectivity index (χ1v) is 11.2. The summed E-state index contributed by atoms with van der Waals surface area (Å²) in [5.41, 5.74) is 4.54.